The zero-order chi connectivity index (χ0) is 24.8. The Hall–Kier alpha value is -2.09. The van der Waals surface area contributed by atoms with Crippen molar-refractivity contribution in [3.8, 4) is 0 Å². The van der Waals surface area contributed by atoms with Crippen LogP contribution in [0.3, 0.4) is 0 Å². The number of rotatable bonds is 21. The second kappa shape index (κ2) is 20.1. The highest BCUT2D eigenvalue weighted by Gasteiger charge is 2.06. The Labute approximate surface area is 217 Å². The van der Waals surface area contributed by atoms with Crippen LogP contribution in [-0.2, 0) is 0 Å². The summed E-state index contributed by atoms with van der Waals surface area (Å²) in [6.07, 6.45) is 30.2. The highest BCUT2D eigenvalue weighted by molar-refractivity contribution is 5.70. The number of unbranched alkanes of at least 4 members (excludes halogenated alkanes) is 14. The normalized spacial score (nSPS) is 11.4. The fourth-order valence-electron chi connectivity index (χ4n) is 4.71. The van der Waals surface area contributed by atoms with Crippen LogP contribution in [0.4, 0.5) is 5.69 Å². The average Bonchev–Trinajstić information content (AvgIpc) is 2.90. The van der Waals surface area contributed by atoms with Gasteiger partial charge in [-0.05, 0) is 48.2 Å². The maximum Gasteiger partial charge on any atom is 0.0366 e. The topological polar surface area (TPSA) is 16.1 Å². The van der Waals surface area contributed by atoms with Crippen molar-refractivity contribution in [2.45, 2.75) is 117 Å². The standard InChI is InChI=1S/C33H52N2/c1-3-5-7-9-11-13-15-17-29-35(30-18-16-14-12-10-8-6-4-2)33-23-21-31(22-24-33)19-20-32-25-27-34-28-26-32/h19-28H,3-18,29-30H2,1-2H3/b20-19+. The van der Waals surface area contributed by atoms with Crippen LogP contribution in [0.1, 0.15) is 128 Å². The van der Waals surface area contributed by atoms with Gasteiger partial charge in [-0.1, -0.05) is 128 Å². The van der Waals surface area contributed by atoms with Gasteiger partial charge in [0.05, 0.1) is 0 Å². The first-order valence-electron chi connectivity index (χ1n) is 14.8. The van der Waals surface area contributed by atoms with Crippen LogP contribution in [0.5, 0.6) is 0 Å². The molecule has 2 nitrogen and oxygen atoms in total. The molecule has 0 saturated carbocycles. The van der Waals surface area contributed by atoms with Gasteiger partial charge in [-0.15, -0.1) is 0 Å². The molecule has 0 bridgehead atoms. The van der Waals surface area contributed by atoms with Crippen molar-refractivity contribution in [3.05, 3.63) is 59.9 Å². The van der Waals surface area contributed by atoms with Gasteiger partial charge in [-0.3, -0.25) is 4.98 Å². The largest absolute Gasteiger partial charge is 0.372 e. The molecular formula is C33H52N2. The van der Waals surface area contributed by atoms with E-state index in [4.69, 9.17) is 0 Å². The quantitative estimate of drug-likeness (QED) is 0.167. The molecule has 0 saturated heterocycles. The number of aromatic nitrogens is 1. The Bertz CT molecular complexity index is 730. The Morgan fingerprint density at radius 2 is 0.914 bits per heavy atom. The van der Waals surface area contributed by atoms with Crippen molar-refractivity contribution < 1.29 is 0 Å². The van der Waals surface area contributed by atoms with Gasteiger partial charge >= 0.3 is 0 Å². The third-order valence-electron chi connectivity index (χ3n) is 7.00. The van der Waals surface area contributed by atoms with E-state index in [1.807, 2.05) is 24.5 Å². The number of nitrogens with zero attached hydrogens (tertiary/aromatic N) is 2. The molecule has 0 N–H and O–H groups in total. The summed E-state index contributed by atoms with van der Waals surface area (Å²) >= 11 is 0. The van der Waals surface area contributed by atoms with Crippen molar-refractivity contribution in [1.82, 2.24) is 4.98 Å². The predicted octanol–water partition coefficient (Wildman–Crippen LogP) is 10.3. The average molecular weight is 477 g/mol. The van der Waals surface area contributed by atoms with Crippen LogP contribution in [0.2, 0.25) is 0 Å². The van der Waals surface area contributed by atoms with Gasteiger partial charge < -0.3 is 4.90 Å². The summed E-state index contributed by atoms with van der Waals surface area (Å²) in [5.74, 6) is 0. The van der Waals surface area contributed by atoms with E-state index in [9.17, 15) is 0 Å². The SMILES string of the molecule is CCCCCCCCCCN(CCCCCCCCCC)c1ccc(/C=C/c2ccncc2)cc1. The summed E-state index contributed by atoms with van der Waals surface area (Å²) in [6.45, 7) is 6.98. The number of pyridine rings is 1. The fraction of sp³-hybridized carbons (Fsp3) is 0.606. The molecule has 35 heavy (non-hydrogen) atoms. The molecule has 2 rings (SSSR count). The lowest BCUT2D eigenvalue weighted by Gasteiger charge is -2.25. The molecule has 194 valence electrons. The second-order valence-electron chi connectivity index (χ2n) is 10.1. The van der Waals surface area contributed by atoms with Crippen LogP contribution in [-0.4, -0.2) is 18.1 Å². The summed E-state index contributed by atoms with van der Waals surface area (Å²) in [6, 6.07) is 13.3. The van der Waals surface area contributed by atoms with Gasteiger partial charge in [0.25, 0.3) is 0 Å². The smallest absolute Gasteiger partial charge is 0.0366 e. The number of hydrogen-bond acceptors (Lipinski definition) is 2. The maximum absolute atomic E-state index is 4.10. The van der Waals surface area contributed by atoms with E-state index >= 15 is 0 Å². The van der Waals surface area contributed by atoms with Crippen LogP contribution in [0, 0.1) is 0 Å². The van der Waals surface area contributed by atoms with Crippen molar-refractivity contribution in [3.63, 3.8) is 0 Å². The number of anilines is 1. The minimum absolute atomic E-state index is 1.19. The third-order valence-corrected chi connectivity index (χ3v) is 7.00. The van der Waals surface area contributed by atoms with E-state index in [0.717, 1.165) is 0 Å². The first-order chi connectivity index (χ1) is 17.3. The lowest BCUT2D eigenvalue weighted by atomic mass is 10.1. The van der Waals surface area contributed by atoms with Crippen LogP contribution in [0.15, 0.2) is 48.8 Å². The van der Waals surface area contributed by atoms with E-state index in [-0.39, 0.29) is 0 Å². The zero-order valence-corrected chi connectivity index (χ0v) is 22.9. The molecule has 0 fully saturated rings. The molecule has 2 aromatic rings. The molecule has 0 unspecified atom stereocenters. The third kappa shape index (κ3) is 14.2. The molecule has 0 aliphatic carbocycles. The molecule has 0 spiro atoms. The lowest BCUT2D eigenvalue weighted by molar-refractivity contribution is 0.555. The minimum Gasteiger partial charge on any atom is -0.372 e. The van der Waals surface area contributed by atoms with Gasteiger partial charge in [0.1, 0.15) is 0 Å². The lowest BCUT2D eigenvalue weighted by Crippen LogP contribution is -2.25. The summed E-state index contributed by atoms with van der Waals surface area (Å²) in [5, 5.41) is 0. The van der Waals surface area contributed by atoms with Crippen LogP contribution < -0.4 is 4.90 Å². The Kier molecular flexibility index (Phi) is 16.8. The van der Waals surface area contributed by atoms with Crippen LogP contribution in [0.25, 0.3) is 12.2 Å². The van der Waals surface area contributed by atoms with E-state index < -0.39 is 0 Å². The molecule has 0 aliphatic rings. The van der Waals surface area contributed by atoms with Gasteiger partial charge in [-0.25, -0.2) is 0 Å². The van der Waals surface area contributed by atoms with Gasteiger partial charge in [0.2, 0.25) is 0 Å². The highest BCUT2D eigenvalue weighted by Crippen LogP contribution is 2.20. The first kappa shape index (κ1) is 29.1. The Balaban J connectivity index is 1.80. The molecule has 2 heteroatoms. The van der Waals surface area contributed by atoms with Crippen LogP contribution >= 0.6 is 0 Å². The summed E-state index contributed by atoms with van der Waals surface area (Å²) in [4.78, 5) is 6.74. The maximum atomic E-state index is 4.10. The Morgan fingerprint density at radius 3 is 1.37 bits per heavy atom. The summed E-state index contributed by atoms with van der Waals surface area (Å²) in [5.41, 5.74) is 3.83. The van der Waals surface area contributed by atoms with E-state index in [0.29, 0.717) is 0 Å². The summed E-state index contributed by atoms with van der Waals surface area (Å²) in [7, 11) is 0. The second-order valence-corrected chi connectivity index (χ2v) is 10.1. The van der Waals surface area contributed by atoms with Gasteiger partial charge in [-0.2, -0.15) is 0 Å². The molecule has 0 radical (unpaired) electrons. The molecule has 1 aromatic carbocycles. The first-order valence-corrected chi connectivity index (χ1v) is 14.8. The van der Waals surface area contributed by atoms with Gasteiger partial charge in [0, 0.05) is 31.2 Å². The molecular weight excluding hydrogens is 424 g/mol. The number of benzene rings is 1. The molecule has 0 amide bonds. The van der Waals surface area contributed by atoms with Crippen molar-refractivity contribution >= 4 is 17.8 Å². The van der Waals surface area contributed by atoms with Gasteiger partial charge in [0.15, 0.2) is 0 Å². The summed E-state index contributed by atoms with van der Waals surface area (Å²) < 4.78 is 0. The van der Waals surface area contributed by atoms with E-state index in [1.54, 1.807) is 0 Å². The molecule has 0 aliphatic heterocycles. The van der Waals surface area contributed by atoms with E-state index in [1.165, 1.54) is 133 Å². The van der Waals surface area contributed by atoms with Crippen molar-refractivity contribution in [2.24, 2.45) is 0 Å². The van der Waals surface area contributed by atoms with Crippen molar-refractivity contribution in [1.29, 1.82) is 0 Å². The highest BCUT2D eigenvalue weighted by atomic mass is 15.1. The monoisotopic (exact) mass is 476 g/mol. The fourth-order valence-corrected chi connectivity index (χ4v) is 4.71. The van der Waals surface area contributed by atoms with E-state index in [2.05, 4.69) is 60.1 Å². The molecule has 1 heterocycles. The Morgan fingerprint density at radius 1 is 0.514 bits per heavy atom. The number of hydrogen-bond donors (Lipinski definition) is 0. The van der Waals surface area contributed by atoms with Crippen molar-refractivity contribution in [2.75, 3.05) is 18.0 Å². The molecule has 0 atom stereocenters. The molecule has 1 aromatic heterocycles. The predicted molar refractivity (Wildman–Crippen MR) is 157 cm³/mol. The zero-order valence-electron chi connectivity index (χ0n) is 22.9. The minimum atomic E-state index is 1.19.